The van der Waals surface area contributed by atoms with Crippen LogP contribution in [0.4, 0.5) is 11.4 Å². The van der Waals surface area contributed by atoms with E-state index in [1.807, 2.05) is 0 Å². The number of anilines is 2. The fourth-order valence-corrected chi connectivity index (χ4v) is 3.99. The van der Waals surface area contributed by atoms with Gasteiger partial charge in [0.15, 0.2) is 0 Å². The minimum Gasteiger partial charge on any atom is -0.378 e. The minimum atomic E-state index is -0.0489. The summed E-state index contributed by atoms with van der Waals surface area (Å²) in [5, 5.41) is 7.83. The Hall–Kier alpha value is -1.96. The molecule has 0 aromatic heterocycles. The van der Waals surface area contributed by atoms with Crippen molar-refractivity contribution in [1.82, 2.24) is 0 Å². The number of hydrogen-bond acceptors (Lipinski definition) is 2. The maximum atomic E-state index is 3.95. The van der Waals surface area contributed by atoms with Crippen LogP contribution < -0.4 is 10.6 Å². The van der Waals surface area contributed by atoms with E-state index in [0.717, 1.165) is 19.3 Å². The van der Waals surface area contributed by atoms with Gasteiger partial charge in [0.2, 0.25) is 0 Å². The average molecular weight is 353 g/mol. The van der Waals surface area contributed by atoms with E-state index in [0.29, 0.717) is 0 Å². The van der Waals surface area contributed by atoms with Crippen LogP contribution in [0.1, 0.15) is 66.2 Å². The second-order valence-corrected chi connectivity index (χ2v) is 7.56. The van der Waals surface area contributed by atoms with Crippen molar-refractivity contribution in [3.8, 4) is 0 Å². The van der Waals surface area contributed by atoms with Crippen LogP contribution in [0.15, 0.2) is 60.7 Å². The highest BCUT2D eigenvalue weighted by molar-refractivity contribution is 5.51. The summed E-state index contributed by atoms with van der Waals surface area (Å²) in [5.74, 6) is 0. The highest BCUT2D eigenvalue weighted by atomic mass is 15.1. The van der Waals surface area contributed by atoms with Gasteiger partial charge in [-0.2, -0.15) is 0 Å². The second kappa shape index (κ2) is 9.66. The molecule has 2 heteroatoms. The fraction of sp³-hybridized carbons (Fsp3) is 0.500. The third-order valence-electron chi connectivity index (χ3n) is 5.93. The molecule has 2 aromatic rings. The molecule has 2 nitrogen and oxygen atoms in total. The molecular weight excluding hydrogens is 316 g/mol. The summed E-state index contributed by atoms with van der Waals surface area (Å²) in [7, 11) is 0. The van der Waals surface area contributed by atoms with E-state index in [2.05, 4.69) is 99.0 Å². The predicted molar refractivity (Wildman–Crippen MR) is 116 cm³/mol. The highest BCUT2D eigenvalue weighted by Crippen LogP contribution is 2.39. The Morgan fingerprint density at radius 2 is 1.23 bits per heavy atom. The zero-order chi connectivity index (χ0) is 18.9. The quantitative estimate of drug-likeness (QED) is 0.421. The summed E-state index contributed by atoms with van der Waals surface area (Å²) in [4.78, 5) is 0. The molecule has 142 valence electrons. The lowest BCUT2D eigenvalue weighted by Gasteiger charge is -2.51. The van der Waals surface area contributed by atoms with Gasteiger partial charge in [0.25, 0.3) is 0 Å². The molecule has 0 spiro atoms. The molecule has 0 amide bonds. The van der Waals surface area contributed by atoms with Crippen molar-refractivity contribution < 1.29 is 0 Å². The van der Waals surface area contributed by atoms with Crippen molar-refractivity contribution in [2.75, 3.05) is 10.6 Å². The smallest absolute Gasteiger partial charge is 0.0597 e. The standard InChI is InChI=1S/C24H36N2/c1-5-8-15-20-24(7-3,26-22-18-13-10-14-19-22)23(4,6-2)25-21-16-11-9-12-17-21/h9-14,16-19,25-26H,5-8,15,20H2,1-4H3. The Kier molecular flexibility index (Phi) is 7.56. The first-order valence-corrected chi connectivity index (χ1v) is 10.3. The maximum Gasteiger partial charge on any atom is 0.0597 e. The Balaban J connectivity index is 2.37. The first-order valence-electron chi connectivity index (χ1n) is 10.3. The van der Waals surface area contributed by atoms with E-state index in [1.54, 1.807) is 0 Å². The zero-order valence-corrected chi connectivity index (χ0v) is 17.0. The lowest BCUT2D eigenvalue weighted by Crippen LogP contribution is -2.61. The van der Waals surface area contributed by atoms with Crippen LogP contribution in [0.25, 0.3) is 0 Å². The van der Waals surface area contributed by atoms with Crippen molar-refractivity contribution >= 4 is 11.4 Å². The van der Waals surface area contributed by atoms with Crippen LogP contribution in [-0.4, -0.2) is 11.1 Å². The monoisotopic (exact) mass is 352 g/mol. The molecule has 26 heavy (non-hydrogen) atoms. The zero-order valence-electron chi connectivity index (χ0n) is 17.0. The fourth-order valence-electron chi connectivity index (χ4n) is 3.99. The lowest BCUT2D eigenvalue weighted by molar-refractivity contribution is 0.248. The number of nitrogens with one attached hydrogen (secondary N) is 2. The van der Waals surface area contributed by atoms with Gasteiger partial charge in [-0.05, 0) is 50.5 Å². The molecule has 0 aliphatic rings. The second-order valence-electron chi connectivity index (χ2n) is 7.56. The summed E-state index contributed by atoms with van der Waals surface area (Å²) < 4.78 is 0. The van der Waals surface area contributed by atoms with Gasteiger partial charge in [-0.3, -0.25) is 0 Å². The molecule has 2 N–H and O–H groups in total. The van der Waals surface area contributed by atoms with Gasteiger partial charge in [0.1, 0.15) is 0 Å². The van der Waals surface area contributed by atoms with E-state index in [9.17, 15) is 0 Å². The summed E-state index contributed by atoms with van der Waals surface area (Å²) >= 11 is 0. The van der Waals surface area contributed by atoms with Crippen molar-refractivity contribution in [2.24, 2.45) is 0 Å². The normalized spacial score (nSPS) is 15.7. The van der Waals surface area contributed by atoms with E-state index < -0.39 is 0 Å². The van der Waals surface area contributed by atoms with Crippen LogP contribution >= 0.6 is 0 Å². The average Bonchev–Trinajstić information content (AvgIpc) is 2.68. The Labute approximate surface area is 160 Å². The minimum absolute atomic E-state index is 0.00584. The van der Waals surface area contributed by atoms with Crippen molar-refractivity contribution in [3.63, 3.8) is 0 Å². The van der Waals surface area contributed by atoms with Crippen LogP contribution in [0.2, 0.25) is 0 Å². The molecule has 0 aliphatic heterocycles. The topological polar surface area (TPSA) is 24.1 Å². The van der Waals surface area contributed by atoms with Crippen LogP contribution in [0.3, 0.4) is 0 Å². The molecule has 0 saturated heterocycles. The molecular formula is C24H36N2. The number of rotatable bonds is 11. The molecule has 2 atom stereocenters. The van der Waals surface area contributed by atoms with Crippen LogP contribution in [0, 0.1) is 0 Å². The molecule has 2 rings (SSSR count). The Morgan fingerprint density at radius 3 is 1.69 bits per heavy atom. The van der Waals surface area contributed by atoms with Gasteiger partial charge in [-0.15, -0.1) is 0 Å². The highest BCUT2D eigenvalue weighted by Gasteiger charge is 2.45. The van der Waals surface area contributed by atoms with Gasteiger partial charge < -0.3 is 10.6 Å². The van der Waals surface area contributed by atoms with Gasteiger partial charge >= 0.3 is 0 Å². The third kappa shape index (κ3) is 4.81. The number of benzene rings is 2. The first kappa shape index (κ1) is 20.4. The summed E-state index contributed by atoms with van der Waals surface area (Å²) in [6.45, 7) is 9.28. The van der Waals surface area contributed by atoms with Crippen molar-refractivity contribution in [2.45, 2.75) is 77.3 Å². The maximum absolute atomic E-state index is 3.95. The van der Waals surface area contributed by atoms with Gasteiger partial charge in [-0.25, -0.2) is 0 Å². The van der Waals surface area contributed by atoms with E-state index >= 15 is 0 Å². The number of unbranched alkanes of at least 4 members (excludes halogenated alkanes) is 2. The lowest BCUT2D eigenvalue weighted by atomic mass is 9.70. The largest absolute Gasteiger partial charge is 0.378 e. The molecule has 0 saturated carbocycles. The predicted octanol–water partition coefficient (Wildman–Crippen LogP) is 7.11. The van der Waals surface area contributed by atoms with Crippen LogP contribution in [-0.2, 0) is 0 Å². The summed E-state index contributed by atoms with van der Waals surface area (Å²) in [6, 6.07) is 21.3. The molecule has 0 aliphatic carbocycles. The summed E-state index contributed by atoms with van der Waals surface area (Å²) in [6.07, 6.45) is 7.08. The third-order valence-corrected chi connectivity index (χ3v) is 5.93. The first-order chi connectivity index (χ1) is 12.6. The Bertz CT molecular complexity index is 625. The number of para-hydroxylation sites is 2. The van der Waals surface area contributed by atoms with Crippen LogP contribution in [0.5, 0.6) is 0 Å². The molecule has 2 aromatic carbocycles. The molecule has 0 fully saturated rings. The van der Waals surface area contributed by atoms with Crippen molar-refractivity contribution in [3.05, 3.63) is 60.7 Å². The molecule has 0 heterocycles. The van der Waals surface area contributed by atoms with E-state index in [4.69, 9.17) is 0 Å². The van der Waals surface area contributed by atoms with E-state index in [1.165, 1.54) is 30.6 Å². The molecule has 0 radical (unpaired) electrons. The SMILES string of the molecule is CCCCCC(CC)(Nc1ccccc1)C(C)(CC)Nc1ccccc1. The number of hydrogen-bond donors (Lipinski definition) is 2. The van der Waals surface area contributed by atoms with Gasteiger partial charge in [0, 0.05) is 11.4 Å². The van der Waals surface area contributed by atoms with E-state index in [-0.39, 0.29) is 11.1 Å². The summed E-state index contributed by atoms with van der Waals surface area (Å²) in [5.41, 5.74) is 2.35. The van der Waals surface area contributed by atoms with Gasteiger partial charge in [0.05, 0.1) is 11.1 Å². The van der Waals surface area contributed by atoms with Crippen molar-refractivity contribution in [1.29, 1.82) is 0 Å². The molecule has 2 unspecified atom stereocenters. The molecule has 0 bridgehead atoms. The van der Waals surface area contributed by atoms with Gasteiger partial charge in [-0.1, -0.05) is 76.4 Å². The Morgan fingerprint density at radius 1 is 0.692 bits per heavy atom.